The van der Waals surface area contributed by atoms with Gasteiger partial charge in [-0.05, 0) is 148 Å². The minimum Gasteiger partial charge on any atom is -0.334 e. The molecule has 2 unspecified atom stereocenters. The van der Waals surface area contributed by atoms with Crippen LogP contribution in [0.15, 0.2) is 195 Å². The van der Waals surface area contributed by atoms with Crippen molar-refractivity contribution in [2.45, 2.75) is 90.6 Å². The molecule has 4 aromatic rings. The SMILES string of the molecule is C#CCC.C=CCC1C=CC(/C=C\C)=C(C=C)N1c1ccc2c(c1)C(C)(C)c1cc(-c3ccc4c(c3)C(C)(C)c3cc(N5C(C=C)=C(/C=C\C)C=CC5CC=C)ccc3-4)ccc1-2.CS. The van der Waals surface area contributed by atoms with Gasteiger partial charge in [-0.15, -0.1) is 25.5 Å². The van der Waals surface area contributed by atoms with Gasteiger partial charge in [0.1, 0.15) is 0 Å². The second-order valence-electron chi connectivity index (χ2n) is 17.5. The van der Waals surface area contributed by atoms with Crippen molar-refractivity contribution in [1.29, 1.82) is 0 Å². The van der Waals surface area contributed by atoms with Gasteiger partial charge < -0.3 is 9.80 Å². The zero-order valence-electron chi connectivity index (χ0n) is 39.4. The quantitative estimate of drug-likeness (QED) is 0.0912. The molecule has 0 aromatic heterocycles. The third-order valence-electron chi connectivity index (χ3n) is 13.1. The van der Waals surface area contributed by atoms with Crippen LogP contribution >= 0.6 is 12.6 Å². The van der Waals surface area contributed by atoms with Crippen LogP contribution in [0.3, 0.4) is 0 Å². The van der Waals surface area contributed by atoms with Crippen molar-refractivity contribution in [2.75, 3.05) is 16.1 Å². The summed E-state index contributed by atoms with van der Waals surface area (Å²) in [7, 11) is 0. The molecule has 326 valence electrons. The number of fused-ring (bicyclic) bond motifs is 6. The number of allylic oxidation sites excluding steroid dienone is 10. The molecular weight excluding hydrogens is 793 g/mol. The lowest BCUT2D eigenvalue weighted by atomic mass is 9.80. The van der Waals surface area contributed by atoms with E-state index in [0.717, 1.165) is 30.7 Å². The number of hydrogen-bond donors (Lipinski definition) is 1. The summed E-state index contributed by atoms with van der Waals surface area (Å²) in [5.74, 6) is 2.43. The van der Waals surface area contributed by atoms with E-state index in [1.165, 1.54) is 78.2 Å². The van der Waals surface area contributed by atoms with Crippen molar-refractivity contribution >= 4 is 24.0 Å². The molecule has 0 fully saturated rings. The van der Waals surface area contributed by atoms with E-state index in [1.54, 1.807) is 6.26 Å². The van der Waals surface area contributed by atoms with E-state index < -0.39 is 0 Å². The summed E-state index contributed by atoms with van der Waals surface area (Å²) in [5.41, 5.74) is 19.8. The summed E-state index contributed by atoms with van der Waals surface area (Å²) in [6.45, 7) is 32.2. The molecule has 2 heterocycles. The van der Waals surface area contributed by atoms with Crippen molar-refractivity contribution in [3.05, 3.63) is 217 Å². The molecule has 4 aliphatic rings. The molecule has 2 atom stereocenters. The van der Waals surface area contributed by atoms with E-state index in [-0.39, 0.29) is 22.9 Å². The molecule has 0 amide bonds. The molecule has 0 bridgehead atoms. The Kier molecular flexibility index (Phi) is 14.8. The molecular formula is C61H66N2S. The van der Waals surface area contributed by atoms with Crippen LogP contribution in [0.5, 0.6) is 0 Å². The summed E-state index contributed by atoms with van der Waals surface area (Å²) < 4.78 is 0. The highest BCUT2D eigenvalue weighted by Crippen LogP contribution is 2.54. The van der Waals surface area contributed by atoms with Crippen molar-refractivity contribution in [3.8, 4) is 45.7 Å². The summed E-state index contributed by atoms with van der Waals surface area (Å²) in [6, 6.07) is 28.6. The maximum atomic E-state index is 4.78. The van der Waals surface area contributed by atoms with Gasteiger partial charge in [-0.25, -0.2) is 0 Å². The first-order valence-corrected chi connectivity index (χ1v) is 23.5. The minimum atomic E-state index is -0.179. The Bertz CT molecular complexity index is 2520. The van der Waals surface area contributed by atoms with Gasteiger partial charge >= 0.3 is 0 Å². The Morgan fingerprint density at radius 3 is 1.25 bits per heavy atom. The molecule has 0 saturated carbocycles. The van der Waals surface area contributed by atoms with Gasteiger partial charge in [-0.2, -0.15) is 12.6 Å². The normalized spacial score (nSPS) is 18.3. The molecule has 2 aliphatic heterocycles. The van der Waals surface area contributed by atoms with Crippen molar-refractivity contribution in [1.82, 2.24) is 0 Å². The Morgan fingerprint density at radius 2 is 0.938 bits per heavy atom. The monoisotopic (exact) mass is 858 g/mol. The van der Waals surface area contributed by atoms with Gasteiger partial charge in [-0.1, -0.05) is 145 Å². The van der Waals surface area contributed by atoms with Crippen LogP contribution < -0.4 is 9.80 Å². The van der Waals surface area contributed by atoms with E-state index in [4.69, 9.17) is 6.42 Å². The van der Waals surface area contributed by atoms with Gasteiger partial charge in [-0.3, -0.25) is 0 Å². The van der Waals surface area contributed by atoms with E-state index in [2.05, 4.69) is 218 Å². The molecule has 64 heavy (non-hydrogen) atoms. The largest absolute Gasteiger partial charge is 0.334 e. The van der Waals surface area contributed by atoms with Crippen LogP contribution in [0, 0.1) is 12.3 Å². The van der Waals surface area contributed by atoms with Gasteiger partial charge in [0.25, 0.3) is 0 Å². The average Bonchev–Trinajstić information content (AvgIpc) is 3.68. The lowest BCUT2D eigenvalue weighted by Gasteiger charge is -2.36. The number of terminal acetylenes is 1. The molecule has 0 radical (unpaired) electrons. The van der Waals surface area contributed by atoms with Crippen molar-refractivity contribution < 1.29 is 0 Å². The standard InChI is InChI=1S/C56H56N2.C4H6.CH4S/c1-11-17-37-21-25-41(19-13-3)57(53(37)15-5)43-27-31-47-45-29-23-39(33-49(45)55(7,8)51(47)35-43)40-24-30-46-48-32-28-44(36-52(48)56(9,10)50(46)34-40)58-42(20-14-4)26-22-38(18-12-2)54(58)16-6;1-3-4-2;1-2/h11-18,21-36,41-42H,3-6,19-20H2,1-2,7-10H3;1H,4H2,2H3;2H,1H3/b17-11-,18-12-;;. The molecule has 2 nitrogen and oxygen atoms in total. The first kappa shape index (κ1) is 47.3. The first-order valence-electron chi connectivity index (χ1n) is 22.6. The fraction of sp³-hybridized carbons (Fsp3) is 0.246. The maximum absolute atomic E-state index is 4.78. The molecule has 2 aliphatic carbocycles. The number of anilines is 2. The summed E-state index contributed by atoms with van der Waals surface area (Å²) in [4.78, 5) is 4.86. The van der Waals surface area contributed by atoms with Gasteiger partial charge in [0, 0.05) is 40.0 Å². The van der Waals surface area contributed by atoms with Crippen LogP contribution in [-0.4, -0.2) is 18.3 Å². The molecule has 0 spiro atoms. The lowest BCUT2D eigenvalue weighted by Crippen LogP contribution is -2.35. The second kappa shape index (κ2) is 20.1. The van der Waals surface area contributed by atoms with Crippen molar-refractivity contribution in [3.63, 3.8) is 0 Å². The topological polar surface area (TPSA) is 6.48 Å². The zero-order chi connectivity index (χ0) is 46.3. The smallest absolute Gasteiger partial charge is 0.0560 e. The second-order valence-corrected chi connectivity index (χ2v) is 17.5. The lowest BCUT2D eigenvalue weighted by molar-refractivity contribution is 0.658. The van der Waals surface area contributed by atoms with Crippen LogP contribution in [0.4, 0.5) is 11.4 Å². The highest BCUT2D eigenvalue weighted by molar-refractivity contribution is 7.79. The highest BCUT2D eigenvalue weighted by Gasteiger charge is 2.39. The van der Waals surface area contributed by atoms with Crippen LogP contribution in [0.25, 0.3) is 33.4 Å². The maximum Gasteiger partial charge on any atom is 0.0560 e. The van der Waals surface area contributed by atoms with Gasteiger partial charge in [0.05, 0.1) is 12.1 Å². The van der Waals surface area contributed by atoms with E-state index in [0.29, 0.717) is 0 Å². The Morgan fingerprint density at radius 1 is 0.594 bits per heavy atom. The Balaban J connectivity index is 0.00000107. The van der Waals surface area contributed by atoms with Crippen LogP contribution in [-0.2, 0) is 10.8 Å². The third-order valence-corrected chi connectivity index (χ3v) is 13.1. The summed E-state index contributed by atoms with van der Waals surface area (Å²) in [5, 5.41) is 0. The fourth-order valence-corrected chi connectivity index (χ4v) is 9.96. The van der Waals surface area contributed by atoms with E-state index >= 15 is 0 Å². The number of rotatable bonds is 11. The Labute approximate surface area is 391 Å². The first-order chi connectivity index (χ1) is 30.9. The number of benzene rings is 4. The Hall–Kier alpha value is -6.21. The molecule has 8 rings (SSSR count). The number of thiol groups is 1. The molecule has 3 heteroatoms. The van der Waals surface area contributed by atoms with Crippen molar-refractivity contribution in [2.24, 2.45) is 0 Å². The molecule has 0 N–H and O–H groups in total. The molecule has 0 saturated heterocycles. The third kappa shape index (κ3) is 8.45. The number of nitrogens with zero attached hydrogens (tertiary/aromatic N) is 2. The summed E-state index contributed by atoms with van der Waals surface area (Å²) in [6.07, 6.45) is 34.6. The van der Waals surface area contributed by atoms with Gasteiger partial charge in [0.15, 0.2) is 0 Å². The van der Waals surface area contributed by atoms with E-state index in [1.807, 2.05) is 31.2 Å². The number of hydrogen-bond acceptors (Lipinski definition) is 3. The van der Waals surface area contributed by atoms with E-state index in [9.17, 15) is 0 Å². The van der Waals surface area contributed by atoms with Crippen LogP contribution in [0.2, 0.25) is 0 Å². The zero-order valence-corrected chi connectivity index (χ0v) is 40.3. The minimum absolute atomic E-state index is 0.173. The predicted octanol–water partition coefficient (Wildman–Crippen LogP) is 16.2. The summed E-state index contributed by atoms with van der Waals surface area (Å²) >= 11 is 3.53. The average molecular weight is 859 g/mol. The predicted molar refractivity (Wildman–Crippen MR) is 286 cm³/mol. The van der Waals surface area contributed by atoms with Crippen LogP contribution in [0.1, 0.15) is 90.0 Å². The highest BCUT2D eigenvalue weighted by atomic mass is 32.1. The fourth-order valence-electron chi connectivity index (χ4n) is 9.96. The molecule has 4 aromatic carbocycles. The van der Waals surface area contributed by atoms with Gasteiger partial charge in [0.2, 0.25) is 0 Å².